The van der Waals surface area contributed by atoms with Crippen LogP contribution in [-0.4, -0.2) is 44.2 Å². The van der Waals surface area contributed by atoms with Crippen molar-refractivity contribution in [2.45, 2.75) is 38.3 Å². The second-order valence-electron chi connectivity index (χ2n) is 5.99. The van der Waals surface area contributed by atoms with E-state index < -0.39 is 0 Å². The maximum atomic E-state index is 6.07. The first-order chi connectivity index (χ1) is 10.8. The number of likely N-dealkylation sites (N-methyl/N-ethyl adjacent to an activating group) is 1. The topological polar surface area (TPSA) is 46.1 Å². The summed E-state index contributed by atoms with van der Waals surface area (Å²) in [5, 5.41) is 3.37. The molecule has 1 aromatic carbocycles. The first-order valence-corrected chi connectivity index (χ1v) is 8.09. The lowest BCUT2D eigenvalue weighted by Gasteiger charge is -2.18. The molecule has 1 aliphatic carbocycles. The van der Waals surface area contributed by atoms with Gasteiger partial charge in [-0.05, 0) is 43.4 Å². The molecule has 1 saturated carbocycles. The molecule has 1 heterocycles. The molecular weight excluding hydrogens is 405 g/mol. The summed E-state index contributed by atoms with van der Waals surface area (Å²) in [6.45, 7) is 2.60. The number of hydrogen-bond acceptors (Lipinski definition) is 5. The van der Waals surface area contributed by atoms with Gasteiger partial charge in [0.05, 0.1) is 19.8 Å². The molecule has 1 aliphatic heterocycles. The van der Waals surface area contributed by atoms with Gasteiger partial charge in [-0.1, -0.05) is 6.07 Å². The zero-order valence-electron chi connectivity index (χ0n) is 13.9. The van der Waals surface area contributed by atoms with Crippen molar-refractivity contribution in [1.82, 2.24) is 10.2 Å². The van der Waals surface area contributed by atoms with Crippen LogP contribution in [-0.2, 0) is 6.54 Å². The third-order valence-corrected chi connectivity index (χ3v) is 4.33. The number of nitrogens with zero attached hydrogens (tertiary/aromatic N) is 2. The van der Waals surface area contributed by atoms with Crippen molar-refractivity contribution in [3.63, 3.8) is 0 Å². The average molecular weight is 431 g/mol. The molecule has 1 aromatic rings. The number of benzene rings is 1. The molecule has 0 amide bonds. The minimum Gasteiger partial charge on any atom is -0.493 e. The highest BCUT2D eigenvalue weighted by molar-refractivity contribution is 14.0. The molecule has 1 N–H and O–H groups in total. The molecule has 0 bridgehead atoms. The van der Waals surface area contributed by atoms with Crippen molar-refractivity contribution in [3.05, 3.63) is 23.8 Å². The SMILES string of the molecule is COc1cc(CNC2=NCCN2C)ccc1OC1CCCC1.I. The Morgan fingerprint density at radius 1 is 1.26 bits per heavy atom. The van der Waals surface area contributed by atoms with E-state index in [4.69, 9.17) is 9.47 Å². The number of rotatable bonds is 5. The molecule has 0 unspecified atom stereocenters. The summed E-state index contributed by atoms with van der Waals surface area (Å²) in [7, 11) is 3.75. The lowest BCUT2D eigenvalue weighted by atomic mass is 10.2. The van der Waals surface area contributed by atoms with E-state index in [2.05, 4.69) is 28.3 Å². The van der Waals surface area contributed by atoms with E-state index in [1.165, 1.54) is 18.4 Å². The lowest BCUT2D eigenvalue weighted by Crippen LogP contribution is -2.35. The Labute approximate surface area is 155 Å². The number of halogens is 1. The van der Waals surface area contributed by atoms with Crippen LogP contribution in [0.15, 0.2) is 23.2 Å². The molecular formula is C17H26IN3O2. The van der Waals surface area contributed by atoms with Gasteiger partial charge in [0.25, 0.3) is 0 Å². The quantitative estimate of drug-likeness (QED) is 0.729. The van der Waals surface area contributed by atoms with E-state index in [1.807, 2.05) is 12.1 Å². The normalized spacial score (nSPS) is 17.7. The second-order valence-corrected chi connectivity index (χ2v) is 5.99. The summed E-state index contributed by atoms with van der Waals surface area (Å²) in [5.74, 6) is 2.63. The van der Waals surface area contributed by atoms with Crippen molar-refractivity contribution in [2.24, 2.45) is 4.99 Å². The summed E-state index contributed by atoms with van der Waals surface area (Å²) in [4.78, 5) is 6.57. The lowest BCUT2D eigenvalue weighted by molar-refractivity contribution is 0.200. The minimum absolute atomic E-state index is 0. The third kappa shape index (κ3) is 4.65. The fourth-order valence-electron chi connectivity index (χ4n) is 3.01. The van der Waals surface area contributed by atoms with Crippen molar-refractivity contribution in [3.8, 4) is 11.5 Å². The van der Waals surface area contributed by atoms with Gasteiger partial charge in [0, 0.05) is 20.1 Å². The van der Waals surface area contributed by atoms with Gasteiger partial charge in [0.15, 0.2) is 17.5 Å². The van der Waals surface area contributed by atoms with Crippen LogP contribution in [0.1, 0.15) is 31.2 Å². The standard InChI is InChI=1S/C17H25N3O2.HI/c1-20-10-9-18-17(20)19-12-13-7-8-15(16(11-13)21-2)22-14-5-3-4-6-14;/h7-8,11,14H,3-6,9-10,12H2,1-2H3,(H,18,19);1H. The number of ether oxygens (including phenoxy) is 2. The second kappa shape index (κ2) is 8.61. The van der Waals surface area contributed by atoms with Crippen molar-refractivity contribution >= 4 is 29.9 Å². The molecule has 1 fully saturated rings. The molecule has 0 aromatic heterocycles. The number of nitrogens with one attached hydrogen (secondary N) is 1. The predicted octanol–water partition coefficient (Wildman–Crippen LogP) is 3.03. The Morgan fingerprint density at radius 3 is 2.70 bits per heavy atom. The van der Waals surface area contributed by atoms with E-state index in [-0.39, 0.29) is 24.0 Å². The van der Waals surface area contributed by atoms with Crippen LogP contribution in [0.25, 0.3) is 0 Å². The van der Waals surface area contributed by atoms with E-state index in [0.29, 0.717) is 6.10 Å². The van der Waals surface area contributed by atoms with Crippen molar-refractivity contribution in [2.75, 3.05) is 27.2 Å². The van der Waals surface area contributed by atoms with Gasteiger partial charge in [-0.2, -0.15) is 0 Å². The Morgan fingerprint density at radius 2 is 2.04 bits per heavy atom. The van der Waals surface area contributed by atoms with Gasteiger partial charge in [-0.25, -0.2) is 0 Å². The van der Waals surface area contributed by atoms with Crippen LogP contribution in [0.3, 0.4) is 0 Å². The smallest absolute Gasteiger partial charge is 0.194 e. The van der Waals surface area contributed by atoms with Crippen molar-refractivity contribution < 1.29 is 9.47 Å². The molecule has 5 nitrogen and oxygen atoms in total. The number of aliphatic imine (C=N–C) groups is 1. The molecule has 3 rings (SSSR count). The van der Waals surface area contributed by atoms with Crippen molar-refractivity contribution in [1.29, 1.82) is 0 Å². The van der Waals surface area contributed by atoms with Gasteiger partial charge in [-0.3, -0.25) is 4.99 Å². The highest BCUT2D eigenvalue weighted by atomic mass is 127. The van der Waals surface area contributed by atoms with Crippen LogP contribution in [0, 0.1) is 0 Å². The maximum Gasteiger partial charge on any atom is 0.194 e. The monoisotopic (exact) mass is 431 g/mol. The van der Waals surface area contributed by atoms with Crippen LogP contribution in [0.2, 0.25) is 0 Å². The summed E-state index contributed by atoms with van der Waals surface area (Å²) in [6, 6.07) is 6.16. The Kier molecular flexibility index (Phi) is 6.80. The largest absolute Gasteiger partial charge is 0.493 e. The highest BCUT2D eigenvalue weighted by Gasteiger charge is 2.18. The number of guanidine groups is 1. The zero-order valence-corrected chi connectivity index (χ0v) is 16.2. The van der Waals surface area contributed by atoms with Crippen LogP contribution in [0.5, 0.6) is 11.5 Å². The van der Waals surface area contributed by atoms with E-state index in [0.717, 1.165) is 49.9 Å². The van der Waals surface area contributed by atoms with E-state index >= 15 is 0 Å². The van der Waals surface area contributed by atoms with Gasteiger partial charge in [0.2, 0.25) is 0 Å². The fourth-order valence-corrected chi connectivity index (χ4v) is 3.01. The summed E-state index contributed by atoms with van der Waals surface area (Å²) in [5.41, 5.74) is 1.17. The van der Waals surface area contributed by atoms with Crippen LogP contribution in [0.4, 0.5) is 0 Å². The fraction of sp³-hybridized carbons (Fsp3) is 0.588. The summed E-state index contributed by atoms with van der Waals surface area (Å²) < 4.78 is 11.6. The van der Waals surface area contributed by atoms with E-state index in [1.54, 1.807) is 7.11 Å². The first kappa shape index (κ1) is 18.2. The molecule has 0 spiro atoms. The highest BCUT2D eigenvalue weighted by Crippen LogP contribution is 2.32. The average Bonchev–Trinajstić information content (AvgIpc) is 3.18. The van der Waals surface area contributed by atoms with Gasteiger partial charge in [-0.15, -0.1) is 24.0 Å². The van der Waals surface area contributed by atoms with Gasteiger partial charge >= 0.3 is 0 Å². The van der Waals surface area contributed by atoms with Crippen LogP contribution < -0.4 is 14.8 Å². The molecule has 2 aliphatic rings. The predicted molar refractivity (Wildman–Crippen MR) is 103 cm³/mol. The Balaban J connectivity index is 0.00000192. The van der Waals surface area contributed by atoms with E-state index in [9.17, 15) is 0 Å². The van der Waals surface area contributed by atoms with Gasteiger partial charge in [0.1, 0.15) is 0 Å². The number of hydrogen-bond donors (Lipinski definition) is 1. The summed E-state index contributed by atoms with van der Waals surface area (Å²) in [6.07, 6.45) is 5.19. The Bertz CT molecular complexity index is 545. The molecule has 0 radical (unpaired) electrons. The van der Waals surface area contributed by atoms with Crippen LogP contribution >= 0.6 is 24.0 Å². The third-order valence-electron chi connectivity index (χ3n) is 4.33. The zero-order chi connectivity index (χ0) is 15.4. The van der Waals surface area contributed by atoms with Gasteiger partial charge < -0.3 is 19.7 Å². The molecule has 0 atom stereocenters. The maximum absolute atomic E-state index is 6.07. The molecule has 23 heavy (non-hydrogen) atoms. The molecule has 6 heteroatoms. The minimum atomic E-state index is 0. The number of methoxy groups -OCH3 is 1. The molecule has 0 saturated heterocycles. The first-order valence-electron chi connectivity index (χ1n) is 8.09. The molecule has 128 valence electrons. The Hall–Kier alpha value is -1.18. The summed E-state index contributed by atoms with van der Waals surface area (Å²) >= 11 is 0.